The highest BCUT2D eigenvalue weighted by atomic mass is 16.5. The van der Waals surface area contributed by atoms with Crippen molar-refractivity contribution in [1.29, 1.82) is 0 Å². The summed E-state index contributed by atoms with van der Waals surface area (Å²) in [6, 6.07) is 13.7. The van der Waals surface area contributed by atoms with Gasteiger partial charge in [-0.3, -0.25) is 4.79 Å². The molecule has 2 aromatic carbocycles. The van der Waals surface area contributed by atoms with E-state index in [2.05, 4.69) is 5.32 Å². The molecule has 0 aliphatic heterocycles. The third-order valence-corrected chi connectivity index (χ3v) is 3.83. The number of nitrogens with one attached hydrogen (secondary N) is 2. The number of carbonyl (C=O) groups excluding carboxylic acids is 1. The van der Waals surface area contributed by atoms with E-state index in [0.717, 1.165) is 22.8 Å². The highest BCUT2D eigenvalue weighted by Crippen LogP contribution is 2.24. The van der Waals surface area contributed by atoms with Crippen LogP contribution in [-0.4, -0.2) is 33.2 Å². The highest BCUT2D eigenvalue weighted by Gasteiger charge is 2.13. The zero-order valence-electron chi connectivity index (χ0n) is 15.4. The normalized spacial score (nSPS) is 11.7. The fraction of sp³-hybridized carbons (Fsp3) is 0.350. The van der Waals surface area contributed by atoms with E-state index in [9.17, 15) is 4.79 Å². The number of ether oxygens (including phenoxy) is 2. The molecule has 2 aromatic rings. The van der Waals surface area contributed by atoms with E-state index >= 15 is 0 Å². The number of carbonyl (C=O) groups is 1. The molecule has 1 unspecified atom stereocenters. The molecule has 5 nitrogen and oxygen atoms in total. The first-order valence-corrected chi connectivity index (χ1v) is 8.49. The monoisotopic (exact) mass is 343 g/mol. The van der Waals surface area contributed by atoms with Crippen molar-refractivity contribution < 1.29 is 19.2 Å². The Balaban J connectivity index is 1.90. The zero-order chi connectivity index (χ0) is 18.2. The Labute approximate surface area is 149 Å². The first-order valence-electron chi connectivity index (χ1n) is 8.49. The van der Waals surface area contributed by atoms with Crippen LogP contribution in [0.3, 0.4) is 0 Å². The molecule has 0 fully saturated rings. The van der Waals surface area contributed by atoms with Gasteiger partial charge < -0.3 is 19.7 Å². The van der Waals surface area contributed by atoms with E-state index in [1.54, 1.807) is 7.11 Å². The molecule has 0 aromatic heterocycles. The number of aryl methyl sites for hydroxylation is 1. The number of likely N-dealkylation sites (N-methyl/N-ethyl adjacent to an activating group) is 1. The molecule has 1 atom stereocenters. The second-order valence-electron chi connectivity index (χ2n) is 6.14. The molecule has 5 heteroatoms. The van der Waals surface area contributed by atoms with Crippen LogP contribution in [0, 0.1) is 6.92 Å². The number of quaternary nitrogens is 1. The number of methoxy groups -OCH3 is 1. The van der Waals surface area contributed by atoms with Crippen molar-refractivity contribution >= 4 is 11.6 Å². The largest absolute Gasteiger partial charge is 0.495 e. The van der Waals surface area contributed by atoms with Crippen LogP contribution in [0.25, 0.3) is 0 Å². The molecule has 0 radical (unpaired) electrons. The van der Waals surface area contributed by atoms with E-state index < -0.39 is 0 Å². The minimum absolute atomic E-state index is 0.0349. The molecule has 2 rings (SSSR count). The molecule has 0 bridgehead atoms. The van der Waals surface area contributed by atoms with Gasteiger partial charge in [-0.1, -0.05) is 6.07 Å². The highest BCUT2D eigenvalue weighted by molar-refractivity contribution is 5.93. The van der Waals surface area contributed by atoms with Crippen LogP contribution in [0.2, 0.25) is 0 Å². The van der Waals surface area contributed by atoms with Gasteiger partial charge in [0.1, 0.15) is 18.0 Å². The quantitative estimate of drug-likeness (QED) is 0.771. The second kappa shape index (κ2) is 9.08. The average molecular weight is 343 g/mol. The molecule has 0 aliphatic rings. The average Bonchev–Trinajstić information content (AvgIpc) is 2.57. The molecule has 0 aliphatic carbocycles. The molecule has 2 N–H and O–H groups in total. The number of benzene rings is 2. The van der Waals surface area contributed by atoms with Crippen molar-refractivity contribution in [2.24, 2.45) is 0 Å². The van der Waals surface area contributed by atoms with Crippen LogP contribution in [0.1, 0.15) is 18.1 Å². The summed E-state index contributed by atoms with van der Waals surface area (Å²) in [6.07, 6.45) is 0. The van der Waals surface area contributed by atoms with Gasteiger partial charge in [0.15, 0.2) is 6.54 Å². The maximum absolute atomic E-state index is 12.3. The SMILES string of the molecule is CCOc1ccc(C[NH+](C)CC(=O)Nc2cc(C)ccc2OC)cc1. The zero-order valence-corrected chi connectivity index (χ0v) is 15.4. The molecule has 134 valence electrons. The lowest BCUT2D eigenvalue weighted by molar-refractivity contribution is -0.885. The number of amides is 1. The summed E-state index contributed by atoms with van der Waals surface area (Å²) in [5.74, 6) is 1.50. The van der Waals surface area contributed by atoms with Gasteiger partial charge in [0.05, 0.1) is 26.5 Å². The van der Waals surface area contributed by atoms with E-state index in [4.69, 9.17) is 9.47 Å². The van der Waals surface area contributed by atoms with E-state index in [1.165, 1.54) is 5.56 Å². The first kappa shape index (κ1) is 18.8. The Morgan fingerprint density at radius 1 is 1.16 bits per heavy atom. The summed E-state index contributed by atoms with van der Waals surface area (Å²) in [5.41, 5.74) is 2.95. The lowest BCUT2D eigenvalue weighted by Crippen LogP contribution is -3.08. The topological polar surface area (TPSA) is 52.0 Å². The molecular formula is C20H27N2O3+. The Morgan fingerprint density at radius 2 is 1.88 bits per heavy atom. The van der Waals surface area contributed by atoms with Gasteiger partial charge >= 0.3 is 0 Å². The number of hydrogen-bond donors (Lipinski definition) is 2. The predicted molar refractivity (Wildman–Crippen MR) is 99.4 cm³/mol. The Bertz CT molecular complexity index is 699. The van der Waals surface area contributed by atoms with Crippen LogP contribution >= 0.6 is 0 Å². The molecule has 0 saturated carbocycles. The van der Waals surface area contributed by atoms with E-state index in [-0.39, 0.29) is 5.91 Å². The lowest BCUT2D eigenvalue weighted by atomic mass is 10.2. The fourth-order valence-corrected chi connectivity index (χ4v) is 2.67. The van der Waals surface area contributed by atoms with Crippen LogP contribution in [-0.2, 0) is 11.3 Å². The molecular weight excluding hydrogens is 316 g/mol. The van der Waals surface area contributed by atoms with Crippen molar-refractivity contribution in [3.8, 4) is 11.5 Å². The minimum Gasteiger partial charge on any atom is -0.495 e. The minimum atomic E-state index is -0.0349. The van der Waals surface area contributed by atoms with Gasteiger partial charge in [0.25, 0.3) is 5.91 Å². The molecule has 0 spiro atoms. The molecule has 0 heterocycles. The third kappa shape index (κ3) is 5.80. The summed E-state index contributed by atoms with van der Waals surface area (Å²) in [7, 11) is 3.60. The van der Waals surface area contributed by atoms with Crippen LogP contribution in [0.4, 0.5) is 5.69 Å². The van der Waals surface area contributed by atoms with Crippen LogP contribution < -0.4 is 19.7 Å². The van der Waals surface area contributed by atoms with Crippen molar-refractivity contribution in [3.05, 3.63) is 53.6 Å². The Kier molecular flexibility index (Phi) is 6.83. The maximum Gasteiger partial charge on any atom is 0.279 e. The van der Waals surface area contributed by atoms with Crippen LogP contribution in [0.15, 0.2) is 42.5 Å². The number of anilines is 1. The van der Waals surface area contributed by atoms with E-state index in [1.807, 2.05) is 63.4 Å². The molecule has 1 amide bonds. The van der Waals surface area contributed by atoms with Crippen LogP contribution in [0.5, 0.6) is 11.5 Å². The molecule has 25 heavy (non-hydrogen) atoms. The number of hydrogen-bond acceptors (Lipinski definition) is 3. The van der Waals surface area contributed by atoms with Gasteiger partial charge in [-0.15, -0.1) is 0 Å². The van der Waals surface area contributed by atoms with Gasteiger partial charge in [-0.2, -0.15) is 0 Å². The summed E-state index contributed by atoms with van der Waals surface area (Å²) in [6.45, 7) is 5.76. The molecule has 0 saturated heterocycles. The van der Waals surface area contributed by atoms with Crippen molar-refractivity contribution in [2.45, 2.75) is 20.4 Å². The third-order valence-electron chi connectivity index (χ3n) is 3.83. The summed E-state index contributed by atoms with van der Waals surface area (Å²) in [5, 5.41) is 2.94. The first-order chi connectivity index (χ1) is 12.0. The number of rotatable bonds is 8. The van der Waals surface area contributed by atoms with Crippen molar-refractivity contribution in [1.82, 2.24) is 0 Å². The van der Waals surface area contributed by atoms with Gasteiger partial charge in [-0.05, 0) is 55.8 Å². The lowest BCUT2D eigenvalue weighted by Gasteiger charge is -2.15. The summed E-state index contributed by atoms with van der Waals surface area (Å²) in [4.78, 5) is 13.4. The standard InChI is InChI=1S/C20H26N2O3/c1-5-25-17-9-7-16(8-10-17)13-22(3)14-20(23)21-18-12-15(2)6-11-19(18)24-4/h6-12H,5,13-14H2,1-4H3,(H,21,23)/p+1. The Hall–Kier alpha value is -2.53. The second-order valence-corrected chi connectivity index (χ2v) is 6.14. The maximum atomic E-state index is 12.3. The van der Waals surface area contributed by atoms with Crippen molar-refractivity contribution in [2.75, 3.05) is 32.6 Å². The Morgan fingerprint density at radius 3 is 2.52 bits per heavy atom. The van der Waals surface area contributed by atoms with Crippen molar-refractivity contribution in [3.63, 3.8) is 0 Å². The fourth-order valence-electron chi connectivity index (χ4n) is 2.67. The summed E-state index contributed by atoms with van der Waals surface area (Å²) >= 11 is 0. The smallest absolute Gasteiger partial charge is 0.279 e. The van der Waals surface area contributed by atoms with Gasteiger partial charge in [0.2, 0.25) is 0 Å². The van der Waals surface area contributed by atoms with Gasteiger partial charge in [0, 0.05) is 5.56 Å². The van der Waals surface area contributed by atoms with E-state index in [0.29, 0.717) is 24.6 Å². The van der Waals surface area contributed by atoms with Gasteiger partial charge in [-0.25, -0.2) is 0 Å². The predicted octanol–water partition coefficient (Wildman–Crippen LogP) is 2.06. The summed E-state index contributed by atoms with van der Waals surface area (Å²) < 4.78 is 10.7.